The Balaban J connectivity index is 1.80. The van der Waals surface area contributed by atoms with Crippen LogP contribution in [0.15, 0.2) is 48.5 Å². The molecule has 0 radical (unpaired) electrons. The van der Waals surface area contributed by atoms with Crippen molar-refractivity contribution >= 4 is 40.7 Å². The van der Waals surface area contributed by atoms with Gasteiger partial charge in [-0.15, -0.1) is 0 Å². The van der Waals surface area contributed by atoms with Crippen molar-refractivity contribution in [3.05, 3.63) is 59.7 Å². The molecule has 2 rings (SSSR count). The highest BCUT2D eigenvalue weighted by Gasteiger charge is 2.11. The minimum Gasteiger partial charge on any atom is -0.491 e. The second-order valence-electron chi connectivity index (χ2n) is 7.66. The Morgan fingerprint density at radius 2 is 1.68 bits per heavy atom. The monoisotopic (exact) mass is 486 g/mol. The fourth-order valence-corrected chi connectivity index (χ4v) is 2.91. The first-order valence-electron chi connectivity index (χ1n) is 10.9. The van der Waals surface area contributed by atoms with Crippen LogP contribution in [-0.2, 0) is 9.53 Å². The van der Waals surface area contributed by atoms with Crippen molar-refractivity contribution in [1.29, 1.82) is 0 Å². The Morgan fingerprint density at radius 3 is 2.35 bits per heavy atom. The van der Waals surface area contributed by atoms with Crippen LogP contribution in [-0.4, -0.2) is 42.7 Å². The van der Waals surface area contributed by atoms with Crippen molar-refractivity contribution in [3.63, 3.8) is 0 Å². The van der Waals surface area contributed by atoms with E-state index in [0.29, 0.717) is 48.8 Å². The first kappa shape index (κ1) is 26.7. The van der Waals surface area contributed by atoms with Crippen molar-refractivity contribution in [3.8, 4) is 5.75 Å². The summed E-state index contributed by atoms with van der Waals surface area (Å²) in [6.07, 6.45) is 0.417. The highest BCUT2D eigenvalue weighted by molar-refractivity contribution is 7.80. The van der Waals surface area contributed by atoms with E-state index in [-0.39, 0.29) is 16.9 Å². The predicted octanol–water partition coefficient (Wildman–Crippen LogP) is 3.04. The fraction of sp³-hybridized carbons (Fsp3) is 0.333. The predicted molar refractivity (Wildman–Crippen MR) is 134 cm³/mol. The Labute approximate surface area is 204 Å². The van der Waals surface area contributed by atoms with Gasteiger partial charge in [-0.1, -0.05) is 19.9 Å². The smallest absolute Gasteiger partial charge is 0.269 e. The lowest BCUT2D eigenvalue weighted by Gasteiger charge is -2.12. The molecule has 4 N–H and O–H groups in total. The van der Waals surface area contributed by atoms with Crippen LogP contribution < -0.4 is 26.2 Å². The third-order valence-corrected chi connectivity index (χ3v) is 4.54. The summed E-state index contributed by atoms with van der Waals surface area (Å²) in [4.78, 5) is 36.6. The van der Waals surface area contributed by atoms with E-state index in [1.807, 2.05) is 20.8 Å². The zero-order valence-electron chi connectivity index (χ0n) is 19.5. The third-order valence-electron chi connectivity index (χ3n) is 4.34. The van der Waals surface area contributed by atoms with Crippen LogP contribution in [0.5, 0.6) is 5.75 Å². The highest BCUT2D eigenvalue weighted by atomic mass is 32.1. The van der Waals surface area contributed by atoms with E-state index in [4.69, 9.17) is 21.7 Å². The molecule has 9 nitrogen and oxygen atoms in total. The fourth-order valence-electron chi connectivity index (χ4n) is 2.77. The Hall–Kier alpha value is -3.50. The summed E-state index contributed by atoms with van der Waals surface area (Å²) >= 11 is 5.08. The van der Waals surface area contributed by atoms with E-state index < -0.39 is 11.8 Å². The van der Waals surface area contributed by atoms with Crippen molar-refractivity contribution in [2.75, 3.05) is 25.1 Å². The summed E-state index contributed by atoms with van der Waals surface area (Å²) in [5.74, 6) is -0.214. The Kier molecular flexibility index (Phi) is 10.9. The normalized spacial score (nSPS) is 10.4. The molecule has 0 spiro atoms. The number of carbonyl (C=O) groups is 3. The van der Waals surface area contributed by atoms with Crippen LogP contribution in [0.3, 0.4) is 0 Å². The van der Waals surface area contributed by atoms with Crippen LogP contribution in [0.2, 0.25) is 0 Å². The van der Waals surface area contributed by atoms with Gasteiger partial charge in [-0.05, 0) is 67.5 Å². The zero-order chi connectivity index (χ0) is 24.9. The standard InChI is InChI=1S/C24H30N4O5S/c1-4-32-12-13-33-20-7-5-6-18(15-20)22(30)26-24(34)28-27-23(31)17-8-10-19(11-9-17)25-21(29)14-16(2)3/h5-11,15-16H,4,12-14H2,1-3H3,(H,25,29)(H,27,31)(H2,26,28,30,34). The molecule has 0 saturated carbocycles. The summed E-state index contributed by atoms with van der Waals surface area (Å²) in [7, 11) is 0. The first-order valence-corrected chi connectivity index (χ1v) is 11.3. The average molecular weight is 487 g/mol. The topological polar surface area (TPSA) is 118 Å². The summed E-state index contributed by atoms with van der Waals surface area (Å²) in [6.45, 7) is 7.26. The molecule has 0 aliphatic carbocycles. The maximum absolute atomic E-state index is 12.4. The molecule has 0 aliphatic rings. The minimum absolute atomic E-state index is 0.0708. The maximum Gasteiger partial charge on any atom is 0.269 e. The van der Waals surface area contributed by atoms with E-state index in [1.54, 1.807) is 48.5 Å². The number of carbonyl (C=O) groups excluding carboxylic acids is 3. The lowest BCUT2D eigenvalue weighted by atomic mass is 10.1. The van der Waals surface area contributed by atoms with Crippen molar-refractivity contribution < 1.29 is 23.9 Å². The summed E-state index contributed by atoms with van der Waals surface area (Å²) in [6, 6.07) is 13.0. The number of nitrogens with one attached hydrogen (secondary N) is 4. The average Bonchev–Trinajstić information content (AvgIpc) is 2.80. The number of hydrazine groups is 1. The van der Waals surface area contributed by atoms with Crippen LogP contribution in [0.1, 0.15) is 47.9 Å². The second-order valence-corrected chi connectivity index (χ2v) is 8.07. The number of hydrogen-bond donors (Lipinski definition) is 4. The van der Waals surface area contributed by atoms with Gasteiger partial charge in [-0.2, -0.15) is 0 Å². The van der Waals surface area contributed by atoms with E-state index >= 15 is 0 Å². The molecule has 10 heteroatoms. The molecule has 0 heterocycles. The van der Waals surface area contributed by atoms with Crippen molar-refractivity contribution in [2.45, 2.75) is 27.2 Å². The molecule has 2 aromatic carbocycles. The lowest BCUT2D eigenvalue weighted by Crippen LogP contribution is -2.48. The second kappa shape index (κ2) is 13.9. The molecule has 0 unspecified atom stereocenters. The highest BCUT2D eigenvalue weighted by Crippen LogP contribution is 2.13. The van der Waals surface area contributed by atoms with Crippen LogP contribution >= 0.6 is 12.2 Å². The number of rotatable bonds is 10. The molecular formula is C24H30N4O5S. The van der Waals surface area contributed by atoms with E-state index in [1.165, 1.54) is 0 Å². The van der Waals surface area contributed by atoms with Crippen LogP contribution in [0, 0.1) is 5.92 Å². The third kappa shape index (κ3) is 9.55. The molecule has 0 aliphatic heterocycles. The molecule has 0 atom stereocenters. The van der Waals surface area contributed by atoms with Gasteiger partial charge >= 0.3 is 0 Å². The summed E-state index contributed by atoms with van der Waals surface area (Å²) in [5, 5.41) is 5.20. The molecule has 182 valence electrons. The number of hydrogen-bond acceptors (Lipinski definition) is 6. The molecule has 2 aromatic rings. The van der Waals surface area contributed by atoms with Gasteiger partial charge in [0.15, 0.2) is 5.11 Å². The number of amides is 3. The number of benzene rings is 2. The van der Waals surface area contributed by atoms with Gasteiger partial charge in [0.05, 0.1) is 6.61 Å². The molecule has 34 heavy (non-hydrogen) atoms. The maximum atomic E-state index is 12.4. The molecular weight excluding hydrogens is 456 g/mol. The largest absolute Gasteiger partial charge is 0.491 e. The van der Waals surface area contributed by atoms with Gasteiger partial charge in [-0.3, -0.25) is 30.6 Å². The van der Waals surface area contributed by atoms with Gasteiger partial charge in [0, 0.05) is 29.8 Å². The van der Waals surface area contributed by atoms with Gasteiger partial charge in [-0.25, -0.2) is 0 Å². The number of ether oxygens (including phenoxy) is 2. The molecule has 3 amide bonds. The number of anilines is 1. The van der Waals surface area contributed by atoms with E-state index in [2.05, 4.69) is 21.5 Å². The van der Waals surface area contributed by atoms with Gasteiger partial charge < -0.3 is 14.8 Å². The molecule has 0 saturated heterocycles. The summed E-state index contributed by atoms with van der Waals surface area (Å²) < 4.78 is 10.8. The SMILES string of the molecule is CCOCCOc1cccc(C(=O)NC(=S)NNC(=O)c2ccc(NC(=O)CC(C)C)cc2)c1. The Morgan fingerprint density at radius 1 is 0.941 bits per heavy atom. The lowest BCUT2D eigenvalue weighted by molar-refractivity contribution is -0.116. The minimum atomic E-state index is -0.457. The van der Waals surface area contributed by atoms with Crippen LogP contribution in [0.4, 0.5) is 5.69 Å². The van der Waals surface area contributed by atoms with Gasteiger partial charge in [0.1, 0.15) is 12.4 Å². The summed E-state index contributed by atoms with van der Waals surface area (Å²) in [5.41, 5.74) is 6.21. The molecule has 0 fully saturated rings. The van der Waals surface area contributed by atoms with E-state index in [0.717, 1.165) is 0 Å². The van der Waals surface area contributed by atoms with Crippen molar-refractivity contribution in [1.82, 2.24) is 16.2 Å². The van der Waals surface area contributed by atoms with Gasteiger partial charge in [0.25, 0.3) is 11.8 Å². The molecule has 0 aromatic heterocycles. The van der Waals surface area contributed by atoms with Gasteiger partial charge in [0.2, 0.25) is 5.91 Å². The zero-order valence-corrected chi connectivity index (χ0v) is 20.3. The molecule has 0 bridgehead atoms. The van der Waals surface area contributed by atoms with E-state index in [9.17, 15) is 14.4 Å². The Bertz CT molecular complexity index is 995. The first-order chi connectivity index (χ1) is 16.3. The quantitative estimate of drug-likeness (QED) is 0.232. The van der Waals surface area contributed by atoms with Crippen LogP contribution in [0.25, 0.3) is 0 Å². The van der Waals surface area contributed by atoms with Crippen molar-refractivity contribution in [2.24, 2.45) is 5.92 Å². The number of thiocarbonyl (C=S) groups is 1.